The van der Waals surface area contributed by atoms with E-state index in [4.69, 9.17) is 0 Å². The van der Waals surface area contributed by atoms with Gasteiger partial charge in [-0.1, -0.05) is 35.9 Å². The lowest BCUT2D eigenvalue weighted by Gasteiger charge is -2.16. The summed E-state index contributed by atoms with van der Waals surface area (Å²) in [5.41, 5.74) is 3.72. The summed E-state index contributed by atoms with van der Waals surface area (Å²) < 4.78 is 0. The van der Waals surface area contributed by atoms with Gasteiger partial charge < -0.3 is 5.32 Å². The van der Waals surface area contributed by atoms with E-state index in [0.29, 0.717) is 5.92 Å². The average Bonchev–Trinajstić information content (AvgIpc) is 2.38. The van der Waals surface area contributed by atoms with E-state index in [0.717, 1.165) is 12.2 Å². The van der Waals surface area contributed by atoms with Crippen LogP contribution in [0.15, 0.2) is 48.7 Å². The van der Waals surface area contributed by atoms with Gasteiger partial charge in [0.2, 0.25) is 0 Å². The summed E-state index contributed by atoms with van der Waals surface area (Å²) >= 11 is 0. The number of pyridine rings is 1. The number of nitrogens with one attached hydrogen (secondary N) is 1. The van der Waals surface area contributed by atoms with Gasteiger partial charge in [0.25, 0.3) is 0 Å². The van der Waals surface area contributed by atoms with Gasteiger partial charge in [0.05, 0.1) is 0 Å². The molecule has 1 heterocycles. The molecular weight excluding hydrogens is 208 g/mol. The molecule has 0 fully saturated rings. The number of hydrogen-bond acceptors (Lipinski definition) is 2. The summed E-state index contributed by atoms with van der Waals surface area (Å²) in [6.45, 7) is 3.01. The van der Waals surface area contributed by atoms with E-state index in [1.54, 1.807) is 0 Å². The van der Waals surface area contributed by atoms with Crippen molar-refractivity contribution in [1.82, 2.24) is 10.3 Å². The molecule has 0 spiro atoms. The molecular formula is C15H18N2. The fourth-order valence-electron chi connectivity index (χ4n) is 1.98. The van der Waals surface area contributed by atoms with Crippen molar-refractivity contribution in [2.45, 2.75) is 12.8 Å². The molecule has 0 radical (unpaired) electrons. The van der Waals surface area contributed by atoms with Gasteiger partial charge in [-0.05, 0) is 31.7 Å². The van der Waals surface area contributed by atoms with Crippen LogP contribution in [0, 0.1) is 6.92 Å². The molecule has 0 saturated carbocycles. The first-order valence-corrected chi connectivity index (χ1v) is 5.93. The normalized spacial score (nSPS) is 12.4. The Morgan fingerprint density at radius 1 is 1.12 bits per heavy atom. The van der Waals surface area contributed by atoms with Crippen molar-refractivity contribution >= 4 is 0 Å². The molecule has 0 aliphatic carbocycles. The monoisotopic (exact) mass is 226 g/mol. The maximum absolute atomic E-state index is 4.46. The van der Waals surface area contributed by atoms with Crippen molar-refractivity contribution in [1.29, 1.82) is 0 Å². The van der Waals surface area contributed by atoms with Crippen LogP contribution >= 0.6 is 0 Å². The topological polar surface area (TPSA) is 24.9 Å². The van der Waals surface area contributed by atoms with Crippen molar-refractivity contribution in [2.24, 2.45) is 0 Å². The number of rotatable bonds is 4. The zero-order valence-corrected chi connectivity index (χ0v) is 10.4. The molecule has 0 saturated heterocycles. The quantitative estimate of drug-likeness (QED) is 0.867. The van der Waals surface area contributed by atoms with Crippen molar-refractivity contribution in [3.05, 3.63) is 65.5 Å². The second kappa shape index (κ2) is 5.60. The minimum Gasteiger partial charge on any atom is -0.319 e. The first-order chi connectivity index (χ1) is 8.31. The molecule has 1 N–H and O–H groups in total. The van der Waals surface area contributed by atoms with E-state index in [1.807, 2.05) is 25.4 Å². The van der Waals surface area contributed by atoms with Crippen LogP contribution in [-0.4, -0.2) is 18.6 Å². The van der Waals surface area contributed by atoms with Crippen molar-refractivity contribution in [3.8, 4) is 0 Å². The maximum atomic E-state index is 4.46. The molecule has 0 amide bonds. The van der Waals surface area contributed by atoms with E-state index in [1.165, 1.54) is 11.1 Å². The average molecular weight is 226 g/mol. The highest BCUT2D eigenvalue weighted by Gasteiger charge is 2.13. The third kappa shape index (κ3) is 2.92. The summed E-state index contributed by atoms with van der Waals surface area (Å²) in [5, 5.41) is 3.24. The largest absolute Gasteiger partial charge is 0.319 e. The highest BCUT2D eigenvalue weighted by Crippen LogP contribution is 2.22. The van der Waals surface area contributed by atoms with Gasteiger partial charge in [-0.3, -0.25) is 4.98 Å². The highest BCUT2D eigenvalue weighted by molar-refractivity contribution is 5.31. The molecule has 2 heteroatoms. The lowest BCUT2D eigenvalue weighted by atomic mass is 9.94. The molecule has 0 aliphatic heterocycles. The van der Waals surface area contributed by atoms with Crippen molar-refractivity contribution in [2.75, 3.05) is 13.6 Å². The lowest BCUT2D eigenvalue weighted by molar-refractivity contribution is 0.691. The Kier molecular flexibility index (Phi) is 3.89. The molecule has 88 valence electrons. The molecule has 2 rings (SSSR count). The second-order valence-corrected chi connectivity index (χ2v) is 4.28. The Balaban J connectivity index is 2.32. The van der Waals surface area contributed by atoms with Crippen LogP contribution in [0.25, 0.3) is 0 Å². The highest BCUT2D eigenvalue weighted by atomic mass is 14.8. The Morgan fingerprint density at radius 3 is 2.47 bits per heavy atom. The first kappa shape index (κ1) is 11.8. The van der Waals surface area contributed by atoms with Gasteiger partial charge in [0.1, 0.15) is 0 Å². The number of hydrogen-bond donors (Lipinski definition) is 1. The fraction of sp³-hybridized carbons (Fsp3) is 0.267. The Hall–Kier alpha value is -1.67. The molecule has 1 aromatic carbocycles. The van der Waals surface area contributed by atoms with Gasteiger partial charge in [-0.15, -0.1) is 0 Å². The SMILES string of the molecule is CNCC(c1ccc(C)cc1)c1ccccn1. The van der Waals surface area contributed by atoms with E-state index < -0.39 is 0 Å². The molecule has 17 heavy (non-hydrogen) atoms. The standard InChI is InChI=1S/C15H18N2/c1-12-6-8-13(9-7-12)14(11-16-2)15-5-3-4-10-17-15/h3-10,14,16H,11H2,1-2H3. The van der Waals surface area contributed by atoms with Gasteiger partial charge in [-0.25, -0.2) is 0 Å². The zero-order valence-electron chi connectivity index (χ0n) is 10.4. The maximum Gasteiger partial charge on any atom is 0.0491 e. The summed E-state index contributed by atoms with van der Waals surface area (Å²) in [7, 11) is 1.98. The van der Waals surface area contributed by atoms with Crippen LogP contribution in [0.1, 0.15) is 22.7 Å². The van der Waals surface area contributed by atoms with E-state index in [9.17, 15) is 0 Å². The van der Waals surface area contributed by atoms with Gasteiger partial charge in [-0.2, -0.15) is 0 Å². The zero-order chi connectivity index (χ0) is 12.1. The van der Waals surface area contributed by atoms with Crippen LogP contribution in [-0.2, 0) is 0 Å². The van der Waals surface area contributed by atoms with E-state index >= 15 is 0 Å². The predicted octanol–water partition coefficient (Wildman–Crippen LogP) is 2.74. The first-order valence-electron chi connectivity index (χ1n) is 5.93. The fourth-order valence-corrected chi connectivity index (χ4v) is 1.98. The van der Waals surface area contributed by atoms with Crippen LogP contribution < -0.4 is 5.32 Å². The lowest BCUT2D eigenvalue weighted by Crippen LogP contribution is -2.19. The van der Waals surface area contributed by atoms with Gasteiger partial charge in [0, 0.05) is 24.4 Å². The third-order valence-electron chi connectivity index (χ3n) is 2.93. The van der Waals surface area contributed by atoms with Crippen LogP contribution in [0.4, 0.5) is 0 Å². The summed E-state index contributed by atoms with van der Waals surface area (Å²) in [5.74, 6) is 0.321. The molecule has 2 nitrogen and oxygen atoms in total. The van der Waals surface area contributed by atoms with Crippen LogP contribution in [0.5, 0.6) is 0 Å². The number of likely N-dealkylation sites (N-methyl/N-ethyl adjacent to an activating group) is 1. The number of benzene rings is 1. The minimum atomic E-state index is 0.321. The molecule has 1 aromatic heterocycles. The Bertz CT molecular complexity index is 448. The van der Waals surface area contributed by atoms with Crippen molar-refractivity contribution in [3.63, 3.8) is 0 Å². The number of aryl methyl sites for hydroxylation is 1. The second-order valence-electron chi connectivity index (χ2n) is 4.28. The Labute approximate surface area is 103 Å². The number of aromatic nitrogens is 1. The van der Waals surface area contributed by atoms with Crippen LogP contribution in [0.2, 0.25) is 0 Å². The predicted molar refractivity (Wildman–Crippen MR) is 71.2 cm³/mol. The Morgan fingerprint density at radius 2 is 1.88 bits per heavy atom. The summed E-state index contributed by atoms with van der Waals surface area (Å²) in [4.78, 5) is 4.46. The number of nitrogens with zero attached hydrogens (tertiary/aromatic N) is 1. The van der Waals surface area contributed by atoms with Crippen molar-refractivity contribution < 1.29 is 0 Å². The molecule has 2 aromatic rings. The molecule has 0 bridgehead atoms. The smallest absolute Gasteiger partial charge is 0.0491 e. The van der Waals surface area contributed by atoms with Gasteiger partial charge in [0.15, 0.2) is 0 Å². The molecule has 1 atom stereocenters. The van der Waals surface area contributed by atoms with Gasteiger partial charge >= 0.3 is 0 Å². The summed E-state index contributed by atoms with van der Waals surface area (Å²) in [6.07, 6.45) is 1.85. The van der Waals surface area contributed by atoms with E-state index in [-0.39, 0.29) is 0 Å². The van der Waals surface area contributed by atoms with E-state index in [2.05, 4.69) is 47.6 Å². The minimum absolute atomic E-state index is 0.321. The van der Waals surface area contributed by atoms with Crippen LogP contribution in [0.3, 0.4) is 0 Å². The third-order valence-corrected chi connectivity index (χ3v) is 2.93. The summed E-state index contributed by atoms with van der Waals surface area (Å²) in [6, 6.07) is 14.8. The molecule has 1 unspecified atom stereocenters. The molecule has 0 aliphatic rings.